The summed E-state index contributed by atoms with van der Waals surface area (Å²) in [6.07, 6.45) is 5.99. The molecule has 4 rings (SSSR count). The van der Waals surface area contributed by atoms with Gasteiger partial charge in [-0.25, -0.2) is 4.39 Å². The molecule has 1 N–H and O–H groups in total. The minimum absolute atomic E-state index is 0.0340. The molecule has 0 saturated heterocycles. The molecule has 3 aliphatic rings. The minimum Gasteiger partial charge on any atom is -0.366 e. The second kappa shape index (κ2) is 4.48. The summed E-state index contributed by atoms with van der Waals surface area (Å²) in [5.74, 6) is 0.480. The van der Waals surface area contributed by atoms with Crippen molar-refractivity contribution in [2.24, 2.45) is 0 Å². The highest BCUT2D eigenvalue weighted by atomic mass is 19.1. The van der Waals surface area contributed by atoms with Gasteiger partial charge in [-0.15, -0.1) is 0 Å². The van der Waals surface area contributed by atoms with Crippen LogP contribution >= 0.6 is 0 Å². The van der Waals surface area contributed by atoms with E-state index in [1.807, 2.05) is 6.07 Å². The molecule has 0 radical (unpaired) electrons. The van der Waals surface area contributed by atoms with Crippen LogP contribution in [0.4, 0.5) is 10.1 Å². The second-order valence-electron chi connectivity index (χ2n) is 6.12. The summed E-state index contributed by atoms with van der Waals surface area (Å²) in [4.78, 5) is 2.52. The van der Waals surface area contributed by atoms with Gasteiger partial charge in [0.15, 0.2) is 0 Å². The van der Waals surface area contributed by atoms with E-state index < -0.39 is 0 Å². The summed E-state index contributed by atoms with van der Waals surface area (Å²) in [7, 11) is 0. The lowest BCUT2D eigenvalue weighted by Gasteiger charge is -2.35. The van der Waals surface area contributed by atoms with Crippen molar-refractivity contribution in [2.45, 2.75) is 44.1 Å². The van der Waals surface area contributed by atoms with Gasteiger partial charge in [-0.3, -0.25) is 0 Å². The summed E-state index contributed by atoms with van der Waals surface area (Å²) < 4.78 is 14.4. The molecule has 1 fully saturated rings. The largest absolute Gasteiger partial charge is 0.366 e. The van der Waals surface area contributed by atoms with Gasteiger partial charge in [-0.2, -0.15) is 0 Å². The molecule has 1 aromatic carbocycles. The van der Waals surface area contributed by atoms with Crippen LogP contribution < -0.4 is 10.2 Å². The molecule has 102 valence electrons. The first-order chi connectivity index (χ1) is 9.36. The summed E-state index contributed by atoms with van der Waals surface area (Å²) in [6.45, 7) is 3.07. The zero-order chi connectivity index (χ0) is 12.8. The van der Waals surface area contributed by atoms with Crippen molar-refractivity contribution < 1.29 is 4.39 Å². The number of hydrogen-bond donors (Lipinski definition) is 1. The predicted molar refractivity (Wildman–Crippen MR) is 75.3 cm³/mol. The third-order valence-electron chi connectivity index (χ3n) is 5.14. The highest BCUT2D eigenvalue weighted by Gasteiger charge is 2.42. The lowest BCUT2D eigenvalue weighted by Crippen LogP contribution is -2.41. The zero-order valence-electron chi connectivity index (χ0n) is 11.3. The third-order valence-corrected chi connectivity index (χ3v) is 5.14. The van der Waals surface area contributed by atoms with Gasteiger partial charge in [-0.05, 0) is 37.4 Å². The topological polar surface area (TPSA) is 15.3 Å². The van der Waals surface area contributed by atoms with Gasteiger partial charge in [0.25, 0.3) is 0 Å². The summed E-state index contributed by atoms with van der Waals surface area (Å²) in [5, 5.41) is 3.49. The van der Waals surface area contributed by atoms with Crippen LogP contribution in [0.3, 0.4) is 0 Å². The molecule has 19 heavy (non-hydrogen) atoms. The Balaban J connectivity index is 1.88. The van der Waals surface area contributed by atoms with Gasteiger partial charge in [0, 0.05) is 36.3 Å². The lowest BCUT2D eigenvalue weighted by molar-refractivity contribution is 0.379. The monoisotopic (exact) mass is 260 g/mol. The van der Waals surface area contributed by atoms with Crippen LogP contribution in [0.25, 0.3) is 0 Å². The molecule has 2 unspecified atom stereocenters. The van der Waals surface area contributed by atoms with Crippen LogP contribution in [0.15, 0.2) is 12.1 Å². The number of nitrogens with one attached hydrogen (secondary N) is 1. The predicted octanol–water partition coefficient (Wildman–Crippen LogP) is 2.82. The van der Waals surface area contributed by atoms with Gasteiger partial charge >= 0.3 is 0 Å². The first kappa shape index (κ1) is 11.7. The van der Waals surface area contributed by atoms with Crippen LogP contribution in [0, 0.1) is 5.82 Å². The molecule has 2 aliphatic heterocycles. The molecule has 2 nitrogen and oxygen atoms in total. The number of hydrogen-bond acceptors (Lipinski definition) is 2. The second-order valence-corrected chi connectivity index (χ2v) is 6.12. The van der Waals surface area contributed by atoms with Gasteiger partial charge in [0.1, 0.15) is 5.82 Å². The molecule has 1 saturated carbocycles. The Morgan fingerprint density at radius 2 is 2.05 bits per heavy atom. The fourth-order valence-electron chi connectivity index (χ4n) is 4.33. The van der Waals surface area contributed by atoms with Crippen molar-refractivity contribution in [3.05, 3.63) is 29.1 Å². The summed E-state index contributed by atoms with van der Waals surface area (Å²) >= 11 is 0. The normalized spacial score (nSPS) is 29.4. The zero-order valence-corrected chi connectivity index (χ0v) is 11.3. The third kappa shape index (κ3) is 1.71. The van der Waals surface area contributed by atoms with Crippen molar-refractivity contribution in [2.75, 3.05) is 24.5 Å². The molecule has 0 amide bonds. The van der Waals surface area contributed by atoms with Crippen molar-refractivity contribution in [3.63, 3.8) is 0 Å². The molecule has 2 heterocycles. The van der Waals surface area contributed by atoms with E-state index in [0.717, 1.165) is 31.6 Å². The first-order valence-corrected chi connectivity index (χ1v) is 7.65. The Bertz CT molecular complexity index is 500. The van der Waals surface area contributed by atoms with Crippen LogP contribution in [0.5, 0.6) is 0 Å². The molecule has 2 atom stereocenters. The number of anilines is 1. The summed E-state index contributed by atoms with van der Waals surface area (Å²) in [5.41, 5.74) is 3.65. The first-order valence-electron chi connectivity index (χ1n) is 7.65. The Morgan fingerprint density at radius 3 is 3.00 bits per heavy atom. The minimum atomic E-state index is 0.0340. The SMILES string of the molecule is Fc1ccc2c3c1C1CCCCC1N3CCNCC2. The molecule has 0 aromatic heterocycles. The Labute approximate surface area is 114 Å². The van der Waals surface area contributed by atoms with Gasteiger partial charge in [0.2, 0.25) is 0 Å². The smallest absolute Gasteiger partial charge is 0.128 e. The van der Waals surface area contributed by atoms with Crippen LogP contribution in [0.1, 0.15) is 42.7 Å². The number of halogens is 1. The fraction of sp³-hybridized carbons (Fsp3) is 0.625. The van der Waals surface area contributed by atoms with E-state index in [4.69, 9.17) is 0 Å². The van der Waals surface area contributed by atoms with E-state index in [-0.39, 0.29) is 5.82 Å². The molecule has 3 heteroatoms. The fourth-order valence-corrected chi connectivity index (χ4v) is 4.33. The van der Waals surface area contributed by atoms with Crippen molar-refractivity contribution in [3.8, 4) is 0 Å². The molecule has 0 spiro atoms. The van der Waals surface area contributed by atoms with Crippen LogP contribution in [-0.2, 0) is 6.42 Å². The maximum atomic E-state index is 14.4. The van der Waals surface area contributed by atoms with Crippen LogP contribution in [-0.4, -0.2) is 25.7 Å². The molecule has 0 bridgehead atoms. The van der Waals surface area contributed by atoms with Crippen molar-refractivity contribution in [1.82, 2.24) is 5.32 Å². The number of benzene rings is 1. The average Bonchev–Trinajstić information content (AvgIpc) is 2.73. The van der Waals surface area contributed by atoms with E-state index in [9.17, 15) is 4.39 Å². The number of rotatable bonds is 0. The Kier molecular flexibility index (Phi) is 2.76. The molecule has 1 aromatic rings. The number of nitrogens with zero attached hydrogens (tertiary/aromatic N) is 1. The van der Waals surface area contributed by atoms with Gasteiger partial charge in [0.05, 0.1) is 0 Å². The quantitative estimate of drug-likeness (QED) is 0.771. The van der Waals surface area contributed by atoms with Gasteiger partial charge < -0.3 is 10.2 Å². The number of fused-ring (bicyclic) bond motifs is 3. The van der Waals surface area contributed by atoms with Crippen molar-refractivity contribution in [1.29, 1.82) is 0 Å². The highest BCUT2D eigenvalue weighted by Crippen LogP contribution is 2.50. The van der Waals surface area contributed by atoms with Crippen LogP contribution in [0.2, 0.25) is 0 Å². The molecular formula is C16H21FN2. The van der Waals surface area contributed by atoms with E-state index in [2.05, 4.69) is 10.2 Å². The van der Waals surface area contributed by atoms with E-state index in [0.29, 0.717) is 12.0 Å². The Hall–Kier alpha value is -1.09. The summed E-state index contributed by atoms with van der Waals surface area (Å²) in [6, 6.07) is 4.26. The standard InChI is InChI=1S/C16H21FN2/c17-13-6-5-11-7-8-18-9-10-19-14-4-2-1-3-12(14)15(13)16(11)19/h5-6,12,14,18H,1-4,7-10H2. The maximum absolute atomic E-state index is 14.4. The van der Waals surface area contributed by atoms with Gasteiger partial charge in [-0.1, -0.05) is 18.9 Å². The Morgan fingerprint density at radius 1 is 1.16 bits per heavy atom. The molecule has 1 aliphatic carbocycles. The van der Waals surface area contributed by atoms with E-state index in [1.54, 1.807) is 6.07 Å². The molecular weight excluding hydrogens is 239 g/mol. The van der Waals surface area contributed by atoms with Crippen molar-refractivity contribution >= 4 is 5.69 Å². The van der Waals surface area contributed by atoms with E-state index in [1.165, 1.54) is 36.9 Å². The highest BCUT2D eigenvalue weighted by molar-refractivity contribution is 5.67. The maximum Gasteiger partial charge on any atom is 0.128 e. The van der Waals surface area contributed by atoms with E-state index >= 15 is 0 Å². The lowest BCUT2D eigenvalue weighted by atomic mass is 9.82. The average molecular weight is 260 g/mol.